The highest BCUT2D eigenvalue weighted by molar-refractivity contribution is 6.74. The zero-order chi connectivity index (χ0) is 13.6. The van der Waals surface area contributed by atoms with E-state index < -0.39 is 8.32 Å². The van der Waals surface area contributed by atoms with Crippen LogP contribution in [-0.4, -0.2) is 37.9 Å². The van der Waals surface area contributed by atoms with E-state index in [9.17, 15) is 0 Å². The number of hydrogen-bond acceptors (Lipinski definition) is 2. The van der Waals surface area contributed by atoms with E-state index in [0.717, 1.165) is 18.7 Å². The molecule has 0 radical (unpaired) electrons. The summed E-state index contributed by atoms with van der Waals surface area (Å²) in [6, 6.07) is 2.35. The normalized spacial score (nSPS) is 34.0. The van der Waals surface area contributed by atoms with Crippen molar-refractivity contribution < 1.29 is 4.43 Å². The summed E-state index contributed by atoms with van der Waals surface area (Å²) >= 11 is 0. The summed E-state index contributed by atoms with van der Waals surface area (Å²) in [5.41, 5.74) is 0. The summed E-state index contributed by atoms with van der Waals surface area (Å²) in [5.74, 6) is 0. The van der Waals surface area contributed by atoms with Gasteiger partial charge in [0.25, 0.3) is 0 Å². The van der Waals surface area contributed by atoms with Crippen molar-refractivity contribution in [1.82, 2.24) is 4.90 Å². The van der Waals surface area contributed by atoms with Crippen LogP contribution in [0.3, 0.4) is 0 Å². The summed E-state index contributed by atoms with van der Waals surface area (Å²) in [6.45, 7) is 15.1. The summed E-state index contributed by atoms with van der Waals surface area (Å²) < 4.78 is 6.43. The van der Waals surface area contributed by atoms with Gasteiger partial charge in [0, 0.05) is 24.7 Å². The first-order valence-electron chi connectivity index (χ1n) is 7.64. The van der Waals surface area contributed by atoms with E-state index in [1.54, 1.807) is 0 Å². The van der Waals surface area contributed by atoms with E-state index in [1.165, 1.54) is 25.7 Å². The van der Waals surface area contributed by atoms with Crippen LogP contribution < -0.4 is 0 Å². The molecular weight excluding hydrogens is 238 g/mol. The Hall–Kier alpha value is 0.137. The van der Waals surface area contributed by atoms with Gasteiger partial charge in [0.05, 0.1) is 0 Å². The second-order valence-electron chi connectivity index (χ2n) is 7.83. The third kappa shape index (κ3) is 2.68. The molecule has 0 N–H and O–H groups in total. The van der Waals surface area contributed by atoms with E-state index in [1.807, 2.05) is 0 Å². The molecule has 3 atom stereocenters. The Morgan fingerprint density at radius 3 is 2.33 bits per heavy atom. The van der Waals surface area contributed by atoms with E-state index in [0.29, 0.717) is 11.1 Å². The van der Waals surface area contributed by atoms with Crippen molar-refractivity contribution in [3.8, 4) is 0 Å². The third-order valence-corrected chi connectivity index (χ3v) is 10.0. The van der Waals surface area contributed by atoms with Crippen LogP contribution in [0.25, 0.3) is 0 Å². The molecule has 2 rings (SSSR count). The molecule has 106 valence electrons. The van der Waals surface area contributed by atoms with Crippen molar-refractivity contribution in [1.29, 1.82) is 0 Å². The van der Waals surface area contributed by atoms with Gasteiger partial charge in [0.1, 0.15) is 0 Å². The Labute approximate surface area is 114 Å². The predicted molar refractivity (Wildman–Crippen MR) is 80.5 cm³/mol. The molecule has 18 heavy (non-hydrogen) atoms. The highest BCUT2D eigenvalue weighted by atomic mass is 28.4. The summed E-state index contributed by atoms with van der Waals surface area (Å²) in [7, 11) is -1.57. The first kappa shape index (κ1) is 14.5. The molecule has 2 nitrogen and oxygen atoms in total. The van der Waals surface area contributed by atoms with Crippen LogP contribution in [0.4, 0.5) is 0 Å². The van der Waals surface area contributed by atoms with Gasteiger partial charge < -0.3 is 4.43 Å². The lowest BCUT2D eigenvalue weighted by Gasteiger charge is -2.38. The molecule has 0 saturated carbocycles. The maximum Gasteiger partial charge on any atom is 0.192 e. The molecule has 0 aliphatic carbocycles. The molecule has 2 heterocycles. The average molecular weight is 270 g/mol. The Morgan fingerprint density at radius 2 is 1.72 bits per heavy atom. The highest BCUT2D eigenvalue weighted by Gasteiger charge is 2.43. The summed E-state index contributed by atoms with van der Waals surface area (Å²) in [4.78, 5) is 2.76. The van der Waals surface area contributed by atoms with Crippen LogP contribution in [0, 0.1) is 0 Å². The van der Waals surface area contributed by atoms with Crippen LogP contribution in [0.2, 0.25) is 18.1 Å². The third-order valence-electron chi connectivity index (χ3n) is 5.55. The Bertz CT molecular complexity index is 297. The SMILES string of the molecule is C[C@@H]1CC[C@H]2CC[C@H](CO[Si](C)(C)C(C)(C)C)N21. The van der Waals surface area contributed by atoms with Crippen LogP contribution >= 0.6 is 0 Å². The molecule has 3 heteroatoms. The van der Waals surface area contributed by atoms with Gasteiger partial charge >= 0.3 is 0 Å². The van der Waals surface area contributed by atoms with Crippen molar-refractivity contribution in [2.24, 2.45) is 0 Å². The summed E-state index contributed by atoms with van der Waals surface area (Å²) in [5, 5.41) is 0.335. The van der Waals surface area contributed by atoms with Gasteiger partial charge in [-0.15, -0.1) is 0 Å². The smallest absolute Gasteiger partial charge is 0.192 e. The Morgan fingerprint density at radius 1 is 1.11 bits per heavy atom. The molecular formula is C15H31NOSi. The molecule has 2 saturated heterocycles. The number of rotatable bonds is 3. The van der Waals surface area contributed by atoms with Crippen molar-refractivity contribution in [2.45, 2.75) is 89.6 Å². The molecule has 2 aliphatic rings. The maximum atomic E-state index is 6.43. The highest BCUT2D eigenvalue weighted by Crippen LogP contribution is 2.39. The fourth-order valence-electron chi connectivity index (χ4n) is 3.27. The predicted octanol–water partition coefficient (Wildman–Crippen LogP) is 4.02. The quantitative estimate of drug-likeness (QED) is 0.717. The lowest BCUT2D eigenvalue weighted by atomic mass is 10.1. The van der Waals surface area contributed by atoms with Gasteiger partial charge in [-0.25, -0.2) is 0 Å². The standard InChI is InChI=1S/C15H31NOSi/c1-12-7-8-13-9-10-14(16(12)13)11-17-18(5,6)15(2,3)4/h12-14H,7-11H2,1-6H3/t12-,13+,14-/m1/s1. The molecule has 0 aromatic carbocycles. The lowest BCUT2D eigenvalue weighted by Crippen LogP contribution is -2.46. The molecule has 2 aliphatic heterocycles. The monoisotopic (exact) mass is 269 g/mol. The van der Waals surface area contributed by atoms with E-state index in [2.05, 4.69) is 45.7 Å². The van der Waals surface area contributed by atoms with Crippen molar-refractivity contribution in [3.05, 3.63) is 0 Å². The molecule has 0 aromatic heterocycles. The number of hydrogen-bond donors (Lipinski definition) is 0. The number of fused-ring (bicyclic) bond motifs is 1. The Kier molecular flexibility index (Phi) is 3.97. The van der Waals surface area contributed by atoms with Crippen molar-refractivity contribution >= 4 is 8.32 Å². The Balaban J connectivity index is 1.91. The lowest BCUT2D eigenvalue weighted by molar-refractivity contribution is 0.129. The van der Waals surface area contributed by atoms with Crippen molar-refractivity contribution in [2.75, 3.05) is 6.61 Å². The molecule has 0 aromatic rings. The van der Waals surface area contributed by atoms with E-state index >= 15 is 0 Å². The fraction of sp³-hybridized carbons (Fsp3) is 1.00. The zero-order valence-electron chi connectivity index (χ0n) is 13.1. The largest absolute Gasteiger partial charge is 0.415 e. The minimum Gasteiger partial charge on any atom is -0.415 e. The molecule has 0 unspecified atom stereocenters. The number of nitrogens with zero attached hydrogens (tertiary/aromatic N) is 1. The molecule has 0 spiro atoms. The van der Waals surface area contributed by atoms with E-state index in [4.69, 9.17) is 4.43 Å². The van der Waals surface area contributed by atoms with Gasteiger partial charge in [-0.05, 0) is 50.7 Å². The molecule has 2 fully saturated rings. The van der Waals surface area contributed by atoms with Crippen LogP contribution in [0.15, 0.2) is 0 Å². The molecule has 0 bridgehead atoms. The van der Waals surface area contributed by atoms with Crippen LogP contribution in [0.1, 0.15) is 53.4 Å². The van der Waals surface area contributed by atoms with Crippen LogP contribution in [0.5, 0.6) is 0 Å². The fourth-order valence-corrected chi connectivity index (χ4v) is 4.31. The maximum absolute atomic E-state index is 6.43. The van der Waals surface area contributed by atoms with Gasteiger partial charge in [-0.2, -0.15) is 0 Å². The second kappa shape index (κ2) is 4.91. The molecule has 0 amide bonds. The minimum atomic E-state index is -1.57. The average Bonchev–Trinajstić information content (AvgIpc) is 2.78. The summed E-state index contributed by atoms with van der Waals surface area (Å²) in [6.07, 6.45) is 5.55. The van der Waals surface area contributed by atoms with Gasteiger partial charge in [0.2, 0.25) is 0 Å². The van der Waals surface area contributed by atoms with Gasteiger partial charge in [0.15, 0.2) is 8.32 Å². The van der Waals surface area contributed by atoms with E-state index in [-0.39, 0.29) is 0 Å². The van der Waals surface area contributed by atoms with Crippen molar-refractivity contribution in [3.63, 3.8) is 0 Å². The second-order valence-corrected chi connectivity index (χ2v) is 12.6. The first-order chi connectivity index (χ1) is 8.22. The van der Waals surface area contributed by atoms with Gasteiger partial charge in [-0.3, -0.25) is 4.90 Å². The minimum absolute atomic E-state index is 0.335. The first-order valence-corrected chi connectivity index (χ1v) is 10.5. The van der Waals surface area contributed by atoms with Gasteiger partial charge in [-0.1, -0.05) is 20.8 Å². The van der Waals surface area contributed by atoms with Crippen LogP contribution in [-0.2, 0) is 4.43 Å². The topological polar surface area (TPSA) is 12.5 Å². The zero-order valence-corrected chi connectivity index (χ0v) is 14.1.